The number of hydrogen-bond donors (Lipinski definition) is 2. The number of aliphatic carboxylic acids is 1. The number of carboxylic acid groups (broad SMARTS) is 1. The van der Waals surface area contributed by atoms with Gasteiger partial charge in [0.15, 0.2) is 5.78 Å². The Morgan fingerprint density at radius 1 is 1.14 bits per heavy atom. The van der Waals surface area contributed by atoms with Crippen molar-refractivity contribution in [3.8, 4) is 11.5 Å². The van der Waals surface area contributed by atoms with Crippen LogP contribution in [0.15, 0.2) is 12.1 Å². The highest BCUT2D eigenvalue weighted by atomic mass is 16.5. The van der Waals surface area contributed by atoms with Crippen LogP contribution in [-0.2, 0) is 11.2 Å². The molecular weight excluding hydrogens is 284 g/mol. The molecule has 0 aliphatic rings. The molecular formula is C17H24O5. The third-order valence-corrected chi connectivity index (χ3v) is 3.48. The first kappa shape index (κ1) is 18.0. The van der Waals surface area contributed by atoms with Crippen LogP contribution in [0.2, 0.25) is 0 Å². The lowest BCUT2D eigenvalue weighted by molar-refractivity contribution is -0.137. The summed E-state index contributed by atoms with van der Waals surface area (Å²) >= 11 is 0. The van der Waals surface area contributed by atoms with E-state index in [4.69, 9.17) is 9.84 Å². The van der Waals surface area contributed by atoms with Gasteiger partial charge >= 0.3 is 5.97 Å². The van der Waals surface area contributed by atoms with E-state index in [1.165, 1.54) is 13.0 Å². The number of ketones is 1. The number of aromatic hydroxyl groups is 1. The smallest absolute Gasteiger partial charge is 0.303 e. The van der Waals surface area contributed by atoms with Crippen LogP contribution in [0.1, 0.15) is 61.9 Å². The SMILES string of the molecule is CCc1cc(C(C)=O)c(O)cc1OCCCCCCC(=O)O. The Kier molecular flexibility index (Phi) is 7.43. The number of unbranched alkanes of at least 4 members (excludes halogenated alkanes) is 3. The molecule has 0 bridgehead atoms. The third kappa shape index (κ3) is 5.76. The van der Waals surface area contributed by atoms with Gasteiger partial charge in [-0.25, -0.2) is 0 Å². The van der Waals surface area contributed by atoms with Gasteiger partial charge in [0.25, 0.3) is 0 Å². The second kappa shape index (κ2) is 9.07. The van der Waals surface area contributed by atoms with E-state index in [0.717, 1.165) is 24.8 Å². The average Bonchev–Trinajstić information content (AvgIpc) is 2.45. The Bertz CT molecular complexity index is 522. The number of carbonyl (C=O) groups excluding carboxylic acids is 1. The molecule has 2 N–H and O–H groups in total. The van der Waals surface area contributed by atoms with Crippen molar-refractivity contribution in [3.63, 3.8) is 0 Å². The molecule has 0 amide bonds. The number of rotatable bonds is 10. The van der Waals surface area contributed by atoms with Crippen molar-refractivity contribution in [2.24, 2.45) is 0 Å². The number of carboxylic acids is 1. The van der Waals surface area contributed by atoms with Gasteiger partial charge in [0.1, 0.15) is 11.5 Å². The van der Waals surface area contributed by atoms with Crippen molar-refractivity contribution in [1.29, 1.82) is 0 Å². The molecule has 0 heterocycles. The second-order valence-corrected chi connectivity index (χ2v) is 5.29. The first-order valence-electron chi connectivity index (χ1n) is 7.67. The van der Waals surface area contributed by atoms with Crippen LogP contribution in [0, 0.1) is 0 Å². The molecule has 1 aromatic carbocycles. The lowest BCUT2D eigenvalue weighted by atomic mass is 10.0. The number of phenols is 1. The molecule has 0 saturated carbocycles. The van der Waals surface area contributed by atoms with Gasteiger partial charge in [0, 0.05) is 12.5 Å². The Hall–Kier alpha value is -2.04. The van der Waals surface area contributed by atoms with E-state index in [-0.39, 0.29) is 18.0 Å². The highest BCUT2D eigenvalue weighted by molar-refractivity contribution is 5.97. The average molecular weight is 308 g/mol. The monoisotopic (exact) mass is 308 g/mol. The van der Waals surface area contributed by atoms with Gasteiger partial charge in [-0.15, -0.1) is 0 Å². The van der Waals surface area contributed by atoms with Gasteiger partial charge in [0.05, 0.1) is 12.2 Å². The quantitative estimate of drug-likeness (QED) is 0.510. The summed E-state index contributed by atoms with van der Waals surface area (Å²) in [5, 5.41) is 18.4. The van der Waals surface area contributed by atoms with Crippen LogP contribution in [0.5, 0.6) is 11.5 Å². The largest absolute Gasteiger partial charge is 0.507 e. The van der Waals surface area contributed by atoms with E-state index < -0.39 is 5.97 Å². The predicted octanol–water partition coefficient (Wildman–Crippen LogP) is 3.57. The highest BCUT2D eigenvalue weighted by Crippen LogP contribution is 2.29. The zero-order chi connectivity index (χ0) is 16.5. The number of aryl methyl sites for hydroxylation is 1. The fraction of sp³-hybridized carbons (Fsp3) is 0.529. The topological polar surface area (TPSA) is 83.8 Å². The molecule has 0 unspecified atom stereocenters. The minimum absolute atomic E-state index is 0.0545. The van der Waals surface area contributed by atoms with Gasteiger partial charge in [-0.2, -0.15) is 0 Å². The van der Waals surface area contributed by atoms with Crippen molar-refractivity contribution >= 4 is 11.8 Å². The van der Waals surface area contributed by atoms with Gasteiger partial charge in [0.2, 0.25) is 0 Å². The fourth-order valence-corrected chi connectivity index (χ4v) is 2.22. The molecule has 5 nitrogen and oxygen atoms in total. The van der Waals surface area contributed by atoms with Crippen molar-refractivity contribution in [3.05, 3.63) is 23.3 Å². The van der Waals surface area contributed by atoms with Gasteiger partial charge < -0.3 is 14.9 Å². The van der Waals surface area contributed by atoms with Crippen molar-refractivity contribution in [2.45, 2.75) is 52.4 Å². The second-order valence-electron chi connectivity index (χ2n) is 5.29. The summed E-state index contributed by atoms with van der Waals surface area (Å²) < 4.78 is 5.68. The van der Waals surface area contributed by atoms with E-state index in [1.807, 2.05) is 6.92 Å². The molecule has 0 aromatic heterocycles. The number of carbonyl (C=O) groups is 2. The normalized spacial score (nSPS) is 10.5. The summed E-state index contributed by atoms with van der Waals surface area (Å²) in [5.41, 5.74) is 1.21. The van der Waals surface area contributed by atoms with Gasteiger partial charge in [-0.3, -0.25) is 9.59 Å². The molecule has 22 heavy (non-hydrogen) atoms. The van der Waals surface area contributed by atoms with Crippen LogP contribution in [-0.4, -0.2) is 28.6 Å². The summed E-state index contributed by atoms with van der Waals surface area (Å²) in [6.45, 7) is 3.90. The minimum atomic E-state index is -0.759. The van der Waals surface area contributed by atoms with Gasteiger partial charge in [-0.05, 0) is 37.8 Å². The summed E-state index contributed by atoms with van der Waals surface area (Å²) in [7, 11) is 0. The molecule has 1 rings (SSSR count). The van der Waals surface area contributed by atoms with Crippen LogP contribution in [0.4, 0.5) is 0 Å². The van der Waals surface area contributed by atoms with Crippen LogP contribution in [0.3, 0.4) is 0 Å². The van der Waals surface area contributed by atoms with E-state index >= 15 is 0 Å². The van der Waals surface area contributed by atoms with Crippen molar-refractivity contribution in [1.82, 2.24) is 0 Å². The van der Waals surface area contributed by atoms with Gasteiger partial charge in [-0.1, -0.05) is 19.8 Å². The number of phenolic OH excluding ortho intramolecular Hbond substituents is 1. The lowest BCUT2D eigenvalue weighted by Crippen LogP contribution is -2.03. The molecule has 0 radical (unpaired) electrons. The Morgan fingerprint density at radius 2 is 1.82 bits per heavy atom. The first-order chi connectivity index (χ1) is 10.5. The molecule has 0 spiro atoms. The first-order valence-corrected chi connectivity index (χ1v) is 7.67. The molecule has 0 aliphatic carbocycles. The molecule has 0 saturated heterocycles. The summed E-state index contributed by atoms with van der Waals surface area (Å²) in [4.78, 5) is 21.8. The lowest BCUT2D eigenvalue weighted by Gasteiger charge is -2.13. The maximum Gasteiger partial charge on any atom is 0.303 e. The molecule has 1 aromatic rings. The summed E-state index contributed by atoms with van der Waals surface area (Å²) in [6, 6.07) is 3.18. The maximum absolute atomic E-state index is 11.4. The standard InChI is InChI=1S/C17H24O5/c1-3-13-10-14(12(2)18)15(19)11-16(13)22-9-7-5-4-6-8-17(20)21/h10-11,19H,3-9H2,1-2H3,(H,20,21). The van der Waals surface area contributed by atoms with Crippen LogP contribution in [0.25, 0.3) is 0 Å². The van der Waals surface area contributed by atoms with Crippen LogP contribution >= 0.6 is 0 Å². The van der Waals surface area contributed by atoms with E-state index in [9.17, 15) is 14.7 Å². The fourth-order valence-electron chi connectivity index (χ4n) is 2.22. The molecule has 0 fully saturated rings. The molecule has 0 aliphatic heterocycles. The Morgan fingerprint density at radius 3 is 2.41 bits per heavy atom. The van der Waals surface area contributed by atoms with E-state index in [2.05, 4.69) is 0 Å². The Labute approximate surface area is 130 Å². The number of ether oxygens (including phenoxy) is 1. The Balaban J connectivity index is 2.47. The highest BCUT2D eigenvalue weighted by Gasteiger charge is 2.12. The summed E-state index contributed by atoms with van der Waals surface area (Å²) in [6.07, 6.45) is 4.22. The zero-order valence-electron chi connectivity index (χ0n) is 13.2. The van der Waals surface area contributed by atoms with Crippen molar-refractivity contribution in [2.75, 3.05) is 6.61 Å². The molecule has 0 atom stereocenters. The number of Topliss-reactive ketones (excluding diaryl/α,β-unsaturated/α-hetero) is 1. The zero-order valence-corrected chi connectivity index (χ0v) is 13.2. The predicted molar refractivity (Wildman–Crippen MR) is 83.7 cm³/mol. The van der Waals surface area contributed by atoms with Crippen LogP contribution < -0.4 is 4.74 Å². The van der Waals surface area contributed by atoms with Crippen molar-refractivity contribution < 1.29 is 24.5 Å². The molecule has 122 valence electrons. The van der Waals surface area contributed by atoms with E-state index in [0.29, 0.717) is 30.8 Å². The maximum atomic E-state index is 11.4. The van der Waals surface area contributed by atoms with E-state index in [1.54, 1.807) is 6.07 Å². The minimum Gasteiger partial charge on any atom is -0.507 e. The number of benzene rings is 1. The molecule has 5 heteroatoms. The third-order valence-electron chi connectivity index (χ3n) is 3.48. The summed E-state index contributed by atoms with van der Waals surface area (Å²) in [5.74, 6) is -0.376. The number of hydrogen-bond acceptors (Lipinski definition) is 4.